The van der Waals surface area contributed by atoms with E-state index in [1.807, 2.05) is 42.5 Å². The Morgan fingerprint density at radius 2 is 2.08 bits per heavy atom. The molecule has 0 bridgehead atoms. The molecule has 3 rings (SSSR count). The maximum absolute atomic E-state index is 12.2. The maximum atomic E-state index is 12.2. The quantitative estimate of drug-likeness (QED) is 0.730. The van der Waals surface area contributed by atoms with Gasteiger partial charge in [-0.15, -0.1) is 0 Å². The lowest BCUT2D eigenvalue weighted by molar-refractivity contribution is 0.0949. The van der Waals surface area contributed by atoms with E-state index < -0.39 is 0 Å². The number of pyridine rings is 1. The Bertz CT molecular complexity index is 815. The van der Waals surface area contributed by atoms with Crippen molar-refractivity contribution in [2.75, 3.05) is 13.7 Å². The number of carbonyl (C=O) groups is 1. The number of rotatable bonds is 6. The van der Waals surface area contributed by atoms with Gasteiger partial charge in [-0.25, -0.2) is 0 Å². The van der Waals surface area contributed by atoms with Gasteiger partial charge >= 0.3 is 0 Å². The summed E-state index contributed by atoms with van der Waals surface area (Å²) < 4.78 is 5.19. The van der Waals surface area contributed by atoms with Crippen LogP contribution in [0.5, 0.6) is 5.75 Å². The molecule has 2 N–H and O–H groups in total. The van der Waals surface area contributed by atoms with Crippen molar-refractivity contribution in [1.29, 1.82) is 0 Å². The Labute approximate surface area is 139 Å². The van der Waals surface area contributed by atoms with Crippen LogP contribution in [0.1, 0.15) is 16.1 Å². The number of benzene rings is 1. The van der Waals surface area contributed by atoms with Crippen LogP contribution in [0.4, 0.5) is 0 Å². The molecule has 0 atom stereocenters. The largest absolute Gasteiger partial charge is 0.497 e. The highest BCUT2D eigenvalue weighted by atomic mass is 16.5. The van der Waals surface area contributed by atoms with E-state index in [4.69, 9.17) is 4.74 Å². The number of amides is 1. The average Bonchev–Trinajstić information content (AvgIpc) is 3.13. The number of methoxy groups -OCH3 is 1. The van der Waals surface area contributed by atoms with E-state index in [-0.39, 0.29) is 5.91 Å². The van der Waals surface area contributed by atoms with Crippen molar-refractivity contribution in [2.24, 2.45) is 0 Å². The molecule has 2 aromatic heterocycles. The van der Waals surface area contributed by atoms with E-state index >= 15 is 0 Å². The van der Waals surface area contributed by atoms with Gasteiger partial charge in [0.1, 0.15) is 17.1 Å². The fourth-order valence-electron chi connectivity index (χ4n) is 2.33. The fraction of sp³-hybridized carbons (Fsp3) is 0.167. The van der Waals surface area contributed by atoms with E-state index in [9.17, 15) is 4.79 Å². The van der Waals surface area contributed by atoms with E-state index in [1.165, 1.54) is 0 Å². The van der Waals surface area contributed by atoms with Crippen molar-refractivity contribution < 1.29 is 9.53 Å². The summed E-state index contributed by atoms with van der Waals surface area (Å²) in [5, 5.41) is 9.76. The molecule has 0 spiro atoms. The zero-order chi connectivity index (χ0) is 16.8. The highest BCUT2D eigenvalue weighted by molar-refractivity contribution is 5.93. The first-order chi connectivity index (χ1) is 11.8. The minimum absolute atomic E-state index is 0.187. The molecule has 2 heterocycles. The first-order valence-corrected chi connectivity index (χ1v) is 7.64. The van der Waals surface area contributed by atoms with Gasteiger partial charge in [-0.3, -0.25) is 14.9 Å². The van der Waals surface area contributed by atoms with Crippen LogP contribution in [0, 0.1) is 0 Å². The van der Waals surface area contributed by atoms with E-state index in [0.29, 0.717) is 17.9 Å². The van der Waals surface area contributed by atoms with Gasteiger partial charge in [-0.1, -0.05) is 18.2 Å². The smallest absolute Gasteiger partial charge is 0.269 e. The number of H-pyrrole nitrogens is 1. The van der Waals surface area contributed by atoms with Gasteiger partial charge in [0, 0.05) is 12.7 Å². The third-order valence-electron chi connectivity index (χ3n) is 3.58. The summed E-state index contributed by atoms with van der Waals surface area (Å²) in [5.74, 6) is 0.625. The Morgan fingerprint density at radius 3 is 2.88 bits per heavy atom. The Kier molecular flexibility index (Phi) is 4.86. The van der Waals surface area contributed by atoms with Crippen molar-refractivity contribution in [2.45, 2.75) is 6.42 Å². The van der Waals surface area contributed by atoms with Crippen LogP contribution < -0.4 is 10.1 Å². The molecule has 1 amide bonds. The zero-order valence-corrected chi connectivity index (χ0v) is 13.3. The van der Waals surface area contributed by atoms with Gasteiger partial charge in [0.2, 0.25) is 0 Å². The third-order valence-corrected chi connectivity index (χ3v) is 3.58. The lowest BCUT2D eigenvalue weighted by Gasteiger charge is -2.05. The molecule has 0 radical (unpaired) electrons. The summed E-state index contributed by atoms with van der Waals surface area (Å²) in [4.78, 5) is 16.4. The molecular weight excluding hydrogens is 304 g/mol. The second-order valence-corrected chi connectivity index (χ2v) is 5.24. The molecule has 0 aliphatic rings. The van der Waals surface area contributed by atoms with Crippen LogP contribution >= 0.6 is 0 Å². The van der Waals surface area contributed by atoms with Gasteiger partial charge in [-0.05, 0) is 42.3 Å². The lowest BCUT2D eigenvalue weighted by atomic mass is 10.1. The minimum atomic E-state index is -0.187. The van der Waals surface area contributed by atoms with Crippen LogP contribution in [0.2, 0.25) is 0 Å². The topological polar surface area (TPSA) is 79.9 Å². The van der Waals surface area contributed by atoms with Gasteiger partial charge in [0.25, 0.3) is 5.91 Å². The van der Waals surface area contributed by atoms with Crippen LogP contribution in [-0.4, -0.2) is 34.7 Å². The molecule has 1 aromatic carbocycles. The van der Waals surface area contributed by atoms with Crippen molar-refractivity contribution in [3.63, 3.8) is 0 Å². The Balaban J connectivity index is 1.56. The molecule has 0 saturated carbocycles. The lowest BCUT2D eigenvalue weighted by Crippen LogP contribution is -2.26. The minimum Gasteiger partial charge on any atom is -0.497 e. The van der Waals surface area contributed by atoms with Crippen LogP contribution in [0.3, 0.4) is 0 Å². The van der Waals surface area contributed by atoms with Gasteiger partial charge < -0.3 is 10.1 Å². The standard InChI is InChI=1S/C18H18N4O2/c1-24-14-6-4-5-13(11-14)8-10-20-18(23)17-12-16(21-22-17)15-7-2-3-9-19-15/h2-7,9,11-12H,8,10H2,1H3,(H,20,23)(H,21,22). The summed E-state index contributed by atoms with van der Waals surface area (Å²) in [5.41, 5.74) is 2.90. The number of hydrogen-bond donors (Lipinski definition) is 2. The molecule has 6 heteroatoms. The normalized spacial score (nSPS) is 10.4. The summed E-state index contributed by atoms with van der Waals surface area (Å²) in [7, 11) is 1.64. The number of carbonyl (C=O) groups excluding carboxylic acids is 1. The number of nitrogens with zero attached hydrogens (tertiary/aromatic N) is 2. The third kappa shape index (κ3) is 3.78. The number of hydrogen-bond acceptors (Lipinski definition) is 4. The predicted octanol–water partition coefficient (Wildman–Crippen LogP) is 2.45. The van der Waals surface area contributed by atoms with E-state index in [2.05, 4.69) is 20.5 Å². The molecule has 0 aliphatic heterocycles. The molecule has 6 nitrogen and oxygen atoms in total. The fourth-order valence-corrected chi connectivity index (χ4v) is 2.33. The highest BCUT2D eigenvalue weighted by Crippen LogP contribution is 2.14. The Morgan fingerprint density at radius 1 is 1.17 bits per heavy atom. The van der Waals surface area contributed by atoms with E-state index in [0.717, 1.165) is 23.4 Å². The van der Waals surface area contributed by atoms with Gasteiger partial charge in [0.15, 0.2) is 0 Å². The van der Waals surface area contributed by atoms with E-state index in [1.54, 1.807) is 19.4 Å². The number of aromatic nitrogens is 3. The molecule has 122 valence electrons. The van der Waals surface area contributed by atoms with Crippen molar-refractivity contribution >= 4 is 5.91 Å². The predicted molar refractivity (Wildman–Crippen MR) is 90.8 cm³/mol. The number of aromatic amines is 1. The molecule has 0 fully saturated rings. The average molecular weight is 322 g/mol. The zero-order valence-electron chi connectivity index (χ0n) is 13.3. The van der Waals surface area contributed by atoms with Gasteiger partial charge in [-0.2, -0.15) is 5.10 Å². The molecular formula is C18H18N4O2. The second kappa shape index (κ2) is 7.41. The van der Waals surface area contributed by atoms with Crippen LogP contribution in [0.25, 0.3) is 11.4 Å². The molecule has 0 saturated heterocycles. The molecule has 0 aliphatic carbocycles. The second-order valence-electron chi connectivity index (χ2n) is 5.24. The monoisotopic (exact) mass is 322 g/mol. The van der Waals surface area contributed by atoms with Crippen molar-refractivity contribution in [1.82, 2.24) is 20.5 Å². The van der Waals surface area contributed by atoms with Crippen LogP contribution in [0.15, 0.2) is 54.7 Å². The Hall–Kier alpha value is -3.15. The first-order valence-electron chi connectivity index (χ1n) is 7.64. The highest BCUT2D eigenvalue weighted by Gasteiger charge is 2.11. The molecule has 3 aromatic rings. The van der Waals surface area contributed by atoms with Crippen LogP contribution in [-0.2, 0) is 6.42 Å². The summed E-state index contributed by atoms with van der Waals surface area (Å²) >= 11 is 0. The van der Waals surface area contributed by atoms with Crippen molar-refractivity contribution in [3.8, 4) is 17.1 Å². The summed E-state index contributed by atoms with van der Waals surface area (Å²) in [6.07, 6.45) is 2.42. The summed E-state index contributed by atoms with van der Waals surface area (Å²) in [6.45, 7) is 0.532. The number of ether oxygens (including phenoxy) is 1. The summed E-state index contributed by atoms with van der Waals surface area (Å²) in [6, 6.07) is 15.1. The molecule has 0 unspecified atom stereocenters. The maximum Gasteiger partial charge on any atom is 0.269 e. The SMILES string of the molecule is COc1cccc(CCNC(=O)c2cc(-c3ccccn3)n[nH]2)c1. The van der Waals surface area contributed by atoms with Crippen molar-refractivity contribution in [3.05, 3.63) is 66.0 Å². The van der Waals surface area contributed by atoms with Gasteiger partial charge in [0.05, 0.1) is 12.8 Å². The molecule has 24 heavy (non-hydrogen) atoms. The first kappa shape index (κ1) is 15.7. The number of nitrogens with one attached hydrogen (secondary N) is 2.